The van der Waals surface area contributed by atoms with Crippen LogP contribution in [0.15, 0.2) is 84.9 Å². The van der Waals surface area contributed by atoms with E-state index < -0.39 is 6.04 Å². The number of carbonyl (C=O) groups is 2. The lowest BCUT2D eigenvalue weighted by Gasteiger charge is -2.30. The van der Waals surface area contributed by atoms with Crippen LogP contribution in [0.3, 0.4) is 0 Å². The Balaban J connectivity index is 1.51. The summed E-state index contributed by atoms with van der Waals surface area (Å²) in [6.07, 6.45) is 1.72. The predicted octanol–water partition coefficient (Wildman–Crippen LogP) is 5.73. The molecule has 0 saturated carbocycles. The van der Waals surface area contributed by atoms with Crippen molar-refractivity contribution in [3.05, 3.63) is 107 Å². The number of thioether (sulfide) groups is 1. The summed E-state index contributed by atoms with van der Waals surface area (Å²) in [4.78, 5) is 28.6. The first kappa shape index (κ1) is 23.4. The van der Waals surface area contributed by atoms with E-state index in [-0.39, 0.29) is 23.2 Å². The third-order valence-corrected chi connectivity index (χ3v) is 7.35. The van der Waals surface area contributed by atoms with Crippen LogP contribution >= 0.6 is 23.4 Å². The molecule has 3 atom stereocenters. The number of rotatable bonds is 7. The van der Waals surface area contributed by atoms with Crippen LogP contribution < -0.4 is 5.32 Å². The number of halogens is 1. The standard InChI is InChI=1S/C27H27ClN2O2S/c1-19(15-16-20-9-4-2-5-10-20)29-25(31)24-18-33-27(22-13-8-14-23(28)17-22)30(24)26(32)21-11-6-3-7-12-21/h2-14,17,19,24,27H,15-16,18H2,1H3,(H,29,31). The smallest absolute Gasteiger partial charge is 0.255 e. The summed E-state index contributed by atoms with van der Waals surface area (Å²) in [5.41, 5.74) is 2.74. The lowest BCUT2D eigenvalue weighted by molar-refractivity contribution is -0.125. The van der Waals surface area contributed by atoms with Gasteiger partial charge in [0.2, 0.25) is 5.91 Å². The lowest BCUT2D eigenvalue weighted by Crippen LogP contribution is -2.50. The van der Waals surface area contributed by atoms with Gasteiger partial charge in [-0.3, -0.25) is 9.59 Å². The average molecular weight is 479 g/mol. The summed E-state index contributed by atoms with van der Waals surface area (Å²) in [5.74, 6) is 0.270. The molecule has 0 radical (unpaired) electrons. The van der Waals surface area contributed by atoms with Gasteiger partial charge in [0.25, 0.3) is 5.91 Å². The molecule has 2 amide bonds. The number of carbonyl (C=O) groups excluding carboxylic acids is 2. The predicted molar refractivity (Wildman–Crippen MR) is 135 cm³/mol. The minimum atomic E-state index is -0.550. The second-order valence-electron chi connectivity index (χ2n) is 8.27. The molecule has 1 aliphatic rings. The molecule has 0 bridgehead atoms. The Morgan fingerprint density at radius 1 is 1.03 bits per heavy atom. The SMILES string of the molecule is CC(CCc1ccccc1)NC(=O)C1CSC(c2cccc(Cl)c2)N1C(=O)c1ccccc1. The molecule has 1 saturated heterocycles. The average Bonchev–Trinajstić information content (AvgIpc) is 3.29. The summed E-state index contributed by atoms with van der Waals surface area (Å²) >= 11 is 7.82. The number of benzene rings is 3. The van der Waals surface area contributed by atoms with Crippen LogP contribution in [0.2, 0.25) is 5.02 Å². The van der Waals surface area contributed by atoms with Gasteiger partial charge in [-0.25, -0.2) is 0 Å². The van der Waals surface area contributed by atoms with Gasteiger partial charge in [-0.15, -0.1) is 11.8 Å². The first-order valence-electron chi connectivity index (χ1n) is 11.1. The Labute approximate surface area is 204 Å². The van der Waals surface area contributed by atoms with Gasteiger partial charge in [-0.2, -0.15) is 0 Å². The second kappa shape index (κ2) is 10.9. The summed E-state index contributed by atoms with van der Waals surface area (Å²) in [6, 6.07) is 26.3. The fourth-order valence-corrected chi connectivity index (χ4v) is 5.66. The van der Waals surface area contributed by atoms with E-state index in [2.05, 4.69) is 17.4 Å². The summed E-state index contributed by atoms with van der Waals surface area (Å²) < 4.78 is 0. The highest BCUT2D eigenvalue weighted by Crippen LogP contribution is 2.42. The molecule has 0 spiro atoms. The van der Waals surface area contributed by atoms with E-state index >= 15 is 0 Å². The van der Waals surface area contributed by atoms with Crippen molar-refractivity contribution < 1.29 is 9.59 Å². The molecule has 3 aromatic rings. The molecule has 3 unspecified atom stereocenters. The van der Waals surface area contributed by atoms with Crippen molar-refractivity contribution in [3.63, 3.8) is 0 Å². The topological polar surface area (TPSA) is 49.4 Å². The van der Waals surface area contributed by atoms with Crippen molar-refractivity contribution in [3.8, 4) is 0 Å². The van der Waals surface area contributed by atoms with Gasteiger partial charge < -0.3 is 10.2 Å². The van der Waals surface area contributed by atoms with Crippen LogP contribution in [0.25, 0.3) is 0 Å². The first-order chi connectivity index (χ1) is 16.0. The van der Waals surface area contributed by atoms with Crippen LogP contribution in [-0.2, 0) is 11.2 Å². The molecular formula is C27H27ClN2O2S. The summed E-state index contributed by atoms with van der Waals surface area (Å²) in [6.45, 7) is 2.01. The van der Waals surface area contributed by atoms with Crippen molar-refractivity contribution in [1.82, 2.24) is 10.2 Å². The summed E-state index contributed by atoms with van der Waals surface area (Å²) in [7, 11) is 0. The first-order valence-corrected chi connectivity index (χ1v) is 12.5. The second-order valence-corrected chi connectivity index (χ2v) is 9.82. The lowest BCUT2D eigenvalue weighted by atomic mass is 10.1. The third-order valence-electron chi connectivity index (χ3n) is 5.79. The van der Waals surface area contributed by atoms with Crippen molar-refractivity contribution >= 4 is 35.2 Å². The van der Waals surface area contributed by atoms with E-state index in [0.717, 1.165) is 18.4 Å². The van der Waals surface area contributed by atoms with E-state index in [1.807, 2.05) is 67.6 Å². The van der Waals surface area contributed by atoms with Gasteiger partial charge in [0.15, 0.2) is 0 Å². The largest absolute Gasteiger partial charge is 0.352 e. The van der Waals surface area contributed by atoms with Gasteiger partial charge in [0, 0.05) is 22.4 Å². The van der Waals surface area contributed by atoms with Crippen LogP contribution in [0.5, 0.6) is 0 Å². The van der Waals surface area contributed by atoms with Crippen molar-refractivity contribution in [2.24, 2.45) is 0 Å². The highest BCUT2D eigenvalue weighted by atomic mass is 35.5. The monoisotopic (exact) mass is 478 g/mol. The minimum absolute atomic E-state index is 0.00148. The number of amides is 2. The molecule has 1 aliphatic heterocycles. The highest BCUT2D eigenvalue weighted by molar-refractivity contribution is 7.99. The van der Waals surface area contributed by atoms with E-state index in [0.29, 0.717) is 16.3 Å². The highest BCUT2D eigenvalue weighted by Gasteiger charge is 2.42. The Bertz CT molecular complexity index is 1090. The van der Waals surface area contributed by atoms with Crippen molar-refractivity contribution in [1.29, 1.82) is 0 Å². The van der Waals surface area contributed by atoms with Crippen molar-refractivity contribution in [2.45, 2.75) is 37.2 Å². The fraction of sp³-hybridized carbons (Fsp3) is 0.259. The van der Waals surface area contributed by atoms with Crippen LogP contribution in [0.1, 0.15) is 40.2 Å². The number of nitrogens with one attached hydrogen (secondary N) is 1. The zero-order valence-electron chi connectivity index (χ0n) is 18.5. The number of nitrogens with zero attached hydrogens (tertiary/aromatic N) is 1. The van der Waals surface area contributed by atoms with Crippen molar-refractivity contribution in [2.75, 3.05) is 5.75 Å². The number of hydrogen-bond acceptors (Lipinski definition) is 3. The Morgan fingerprint density at radius 2 is 1.73 bits per heavy atom. The maximum absolute atomic E-state index is 13.5. The normalized spacial score (nSPS) is 18.7. The fourth-order valence-electron chi connectivity index (χ4n) is 4.04. The molecule has 1 N–H and O–H groups in total. The van der Waals surface area contributed by atoms with Crippen LogP contribution in [0.4, 0.5) is 0 Å². The molecule has 170 valence electrons. The zero-order chi connectivity index (χ0) is 23.2. The number of aryl methyl sites for hydroxylation is 1. The van der Waals surface area contributed by atoms with Crippen LogP contribution in [-0.4, -0.2) is 34.6 Å². The van der Waals surface area contributed by atoms with E-state index in [1.165, 1.54) is 5.56 Å². The Morgan fingerprint density at radius 3 is 2.42 bits per heavy atom. The third kappa shape index (κ3) is 5.79. The van der Waals surface area contributed by atoms with Gasteiger partial charge in [-0.1, -0.05) is 72.3 Å². The molecule has 0 aromatic heterocycles. The van der Waals surface area contributed by atoms with Gasteiger partial charge >= 0.3 is 0 Å². The summed E-state index contributed by atoms with van der Waals surface area (Å²) in [5, 5.41) is 3.48. The molecule has 6 heteroatoms. The minimum Gasteiger partial charge on any atom is -0.352 e. The maximum Gasteiger partial charge on any atom is 0.255 e. The quantitative estimate of drug-likeness (QED) is 0.471. The number of hydrogen-bond donors (Lipinski definition) is 1. The molecule has 1 fully saturated rings. The molecular weight excluding hydrogens is 452 g/mol. The van der Waals surface area contributed by atoms with Gasteiger partial charge in [-0.05, 0) is 55.2 Å². The zero-order valence-corrected chi connectivity index (χ0v) is 20.1. The molecule has 4 rings (SSSR count). The van der Waals surface area contributed by atoms with E-state index in [1.54, 1.807) is 28.8 Å². The molecule has 0 aliphatic carbocycles. The van der Waals surface area contributed by atoms with Crippen LogP contribution in [0, 0.1) is 0 Å². The Hall–Kier alpha value is -2.76. The van der Waals surface area contributed by atoms with Gasteiger partial charge in [0.1, 0.15) is 11.4 Å². The molecule has 33 heavy (non-hydrogen) atoms. The maximum atomic E-state index is 13.5. The molecule has 1 heterocycles. The van der Waals surface area contributed by atoms with E-state index in [4.69, 9.17) is 11.6 Å². The molecule has 3 aromatic carbocycles. The Kier molecular flexibility index (Phi) is 7.73. The molecule has 4 nitrogen and oxygen atoms in total. The van der Waals surface area contributed by atoms with Gasteiger partial charge in [0.05, 0.1) is 0 Å². The van der Waals surface area contributed by atoms with E-state index in [9.17, 15) is 9.59 Å².